The highest BCUT2D eigenvalue weighted by Crippen LogP contribution is 2.22. The summed E-state index contributed by atoms with van der Waals surface area (Å²) in [6.07, 6.45) is 1.51. The molecule has 104 valence electrons. The highest BCUT2D eigenvalue weighted by atomic mass is 16.4. The van der Waals surface area contributed by atoms with Gasteiger partial charge in [0.25, 0.3) is 0 Å². The molecule has 0 saturated heterocycles. The summed E-state index contributed by atoms with van der Waals surface area (Å²) in [6.45, 7) is 2.20. The molecule has 1 unspecified atom stereocenters. The molecule has 0 heterocycles. The molecule has 0 aliphatic carbocycles. The zero-order valence-corrected chi connectivity index (χ0v) is 10.7. The first-order chi connectivity index (χ1) is 8.99. The summed E-state index contributed by atoms with van der Waals surface area (Å²) in [7, 11) is 0. The third kappa shape index (κ3) is 3.96. The van der Waals surface area contributed by atoms with Crippen LogP contribution < -0.4 is 11.1 Å². The molecule has 5 N–H and O–H groups in total. The zero-order valence-electron chi connectivity index (χ0n) is 10.7. The van der Waals surface area contributed by atoms with Crippen LogP contribution in [0.4, 0.5) is 5.69 Å². The number of hydrogen-bond donors (Lipinski definition) is 4. The van der Waals surface area contributed by atoms with E-state index in [4.69, 9.17) is 10.8 Å². The number of amides is 1. The molecule has 0 saturated carbocycles. The highest BCUT2D eigenvalue weighted by molar-refractivity contribution is 5.96. The molecule has 6 nitrogen and oxygen atoms in total. The first-order valence-corrected chi connectivity index (χ1v) is 6.06. The van der Waals surface area contributed by atoms with Crippen molar-refractivity contribution in [2.45, 2.75) is 19.8 Å². The summed E-state index contributed by atoms with van der Waals surface area (Å²) in [5.41, 5.74) is 5.60. The highest BCUT2D eigenvalue weighted by Gasteiger charge is 2.17. The molecule has 6 heteroatoms. The molecule has 19 heavy (non-hydrogen) atoms. The Bertz CT molecular complexity index is 474. The molecule has 0 fully saturated rings. The molecule has 0 bridgehead atoms. The molecule has 0 aliphatic heterocycles. The van der Waals surface area contributed by atoms with Crippen molar-refractivity contribution in [1.82, 2.24) is 0 Å². The molecule has 1 atom stereocenters. The number of hydrogen-bond acceptors (Lipinski definition) is 4. The number of carbonyl (C=O) groups excluding carboxylic acids is 1. The maximum Gasteiger partial charge on any atom is 0.339 e. The predicted octanol–water partition coefficient (Wildman–Crippen LogP) is 1.40. The van der Waals surface area contributed by atoms with Gasteiger partial charge in [-0.1, -0.05) is 13.3 Å². The number of rotatable bonds is 6. The van der Waals surface area contributed by atoms with E-state index in [1.807, 2.05) is 6.92 Å². The molecule has 0 radical (unpaired) electrons. The van der Waals surface area contributed by atoms with E-state index in [1.54, 1.807) is 0 Å². The van der Waals surface area contributed by atoms with Crippen molar-refractivity contribution in [3.05, 3.63) is 23.8 Å². The third-order valence-corrected chi connectivity index (χ3v) is 2.79. The number of carboxylic acids is 1. The first-order valence-electron chi connectivity index (χ1n) is 6.06. The summed E-state index contributed by atoms with van der Waals surface area (Å²) in [4.78, 5) is 22.8. The van der Waals surface area contributed by atoms with E-state index in [2.05, 4.69) is 5.32 Å². The van der Waals surface area contributed by atoms with Crippen LogP contribution in [-0.2, 0) is 4.79 Å². The fraction of sp³-hybridized carbons (Fsp3) is 0.385. The van der Waals surface area contributed by atoms with Gasteiger partial charge in [-0.3, -0.25) is 4.79 Å². The van der Waals surface area contributed by atoms with E-state index in [9.17, 15) is 14.7 Å². The van der Waals surface area contributed by atoms with Crippen LogP contribution in [-0.4, -0.2) is 28.6 Å². The fourth-order valence-corrected chi connectivity index (χ4v) is 1.73. The molecule has 1 aromatic rings. The minimum atomic E-state index is -1.25. The van der Waals surface area contributed by atoms with Crippen LogP contribution in [0, 0.1) is 5.92 Å². The van der Waals surface area contributed by atoms with Gasteiger partial charge in [0.05, 0.1) is 5.92 Å². The summed E-state index contributed by atoms with van der Waals surface area (Å²) in [5, 5.41) is 20.8. The normalized spacial score (nSPS) is 11.9. The Balaban J connectivity index is 2.85. The molecular formula is C13H18N2O4. The Morgan fingerprint density at radius 2 is 2.11 bits per heavy atom. The Kier molecular flexibility index (Phi) is 5.32. The molecule has 1 aromatic carbocycles. The van der Waals surface area contributed by atoms with Crippen LogP contribution in [0.25, 0.3) is 0 Å². The van der Waals surface area contributed by atoms with E-state index >= 15 is 0 Å². The smallest absolute Gasteiger partial charge is 0.339 e. The Morgan fingerprint density at radius 1 is 1.42 bits per heavy atom. The molecular weight excluding hydrogens is 248 g/mol. The predicted molar refractivity (Wildman–Crippen MR) is 71.1 cm³/mol. The Labute approximate surface area is 111 Å². The number of phenols is 1. The maximum absolute atomic E-state index is 11.9. The molecule has 1 amide bonds. The van der Waals surface area contributed by atoms with E-state index in [0.29, 0.717) is 12.1 Å². The second-order valence-corrected chi connectivity index (χ2v) is 4.25. The van der Waals surface area contributed by atoms with Crippen LogP contribution in [0.3, 0.4) is 0 Å². The monoisotopic (exact) mass is 266 g/mol. The summed E-state index contributed by atoms with van der Waals surface area (Å²) >= 11 is 0. The number of carbonyl (C=O) groups is 2. The fourth-order valence-electron chi connectivity index (χ4n) is 1.73. The zero-order chi connectivity index (χ0) is 14.4. The lowest BCUT2D eigenvalue weighted by atomic mass is 10.0. The van der Waals surface area contributed by atoms with E-state index in [-0.39, 0.29) is 29.7 Å². The Hall–Kier alpha value is -2.08. The number of aromatic hydroxyl groups is 1. The standard InChI is InChI=1S/C13H18N2O4/c1-2-3-8(7-14)12(17)15-9-4-5-11(16)10(6-9)13(18)19/h4-6,8,16H,2-3,7,14H2,1H3,(H,15,17)(H,18,19). The van der Waals surface area contributed by atoms with Gasteiger partial charge in [0.15, 0.2) is 0 Å². The van der Waals surface area contributed by atoms with Crippen molar-refractivity contribution in [3.63, 3.8) is 0 Å². The van der Waals surface area contributed by atoms with Crippen molar-refractivity contribution in [2.75, 3.05) is 11.9 Å². The van der Waals surface area contributed by atoms with Gasteiger partial charge in [0, 0.05) is 12.2 Å². The average molecular weight is 266 g/mol. The summed E-state index contributed by atoms with van der Waals surface area (Å²) in [5.74, 6) is -2.13. The van der Waals surface area contributed by atoms with E-state index in [1.165, 1.54) is 18.2 Å². The third-order valence-electron chi connectivity index (χ3n) is 2.79. The largest absolute Gasteiger partial charge is 0.507 e. The second kappa shape index (κ2) is 6.75. The van der Waals surface area contributed by atoms with Crippen molar-refractivity contribution in [3.8, 4) is 5.75 Å². The number of benzene rings is 1. The van der Waals surface area contributed by atoms with Crippen molar-refractivity contribution in [1.29, 1.82) is 0 Å². The average Bonchev–Trinajstić information content (AvgIpc) is 2.37. The van der Waals surface area contributed by atoms with Crippen molar-refractivity contribution < 1.29 is 19.8 Å². The quantitative estimate of drug-likeness (QED) is 0.581. The number of aromatic carboxylic acids is 1. The van der Waals surface area contributed by atoms with Crippen molar-refractivity contribution >= 4 is 17.6 Å². The molecule has 0 aromatic heterocycles. The van der Waals surface area contributed by atoms with Crippen LogP contribution in [0.5, 0.6) is 5.75 Å². The topological polar surface area (TPSA) is 113 Å². The number of nitrogens with two attached hydrogens (primary N) is 1. The summed E-state index contributed by atoms with van der Waals surface area (Å²) < 4.78 is 0. The van der Waals surface area contributed by atoms with E-state index in [0.717, 1.165) is 6.42 Å². The van der Waals surface area contributed by atoms with Crippen molar-refractivity contribution in [2.24, 2.45) is 11.7 Å². The summed E-state index contributed by atoms with van der Waals surface area (Å²) in [6, 6.07) is 3.89. The first kappa shape index (κ1) is 15.0. The number of carboxylic acid groups (broad SMARTS) is 1. The lowest BCUT2D eigenvalue weighted by molar-refractivity contribution is -0.119. The van der Waals surface area contributed by atoms with Crippen LogP contribution >= 0.6 is 0 Å². The number of anilines is 1. The lowest BCUT2D eigenvalue weighted by Crippen LogP contribution is -2.29. The molecule has 0 spiro atoms. The van der Waals surface area contributed by atoms with Gasteiger partial charge in [-0.25, -0.2) is 4.79 Å². The van der Waals surface area contributed by atoms with Crippen LogP contribution in [0.15, 0.2) is 18.2 Å². The van der Waals surface area contributed by atoms with Gasteiger partial charge in [0.2, 0.25) is 5.91 Å². The van der Waals surface area contributed by atoms with Crippen LogP contribution in [0.1, 0.15) is 30.1 Å². The minimum absolute atomic E-state index is 0.240. The minimum Gasteiger partial charge on any atom is -0.507 e. The van der Waals surface area contributed by atoms with Gasteiger partial charge < -0.3 is 21.3 Å². The maximum atomic E-state index is 11.9. The van der Waals surface area contributed by atoms with Gasteiger partial charge in [-0.05, 0) is 24.6 Å². The lowest BCUT2D eigenvalue weighted by Gasteiger charge is -2.14. The molecule has 0 aliphatic rings. The van der Waals surface area contributed by atoms with Crippen LogP contribution in [0.2, 0.25) is 0 Å². The van der Waals surface area contributed by atoms with Gasteiger partial charge >= 0.3 is 5.97 Å². The van der Waals surface area contributed by atoms with Gasteiger partial charge in [-0.2, -0.15) is 0 Å². The number of nitrogens with one attached hydrogen (secondary N) is 1. The SMILES string of the molecule is CCCC(CN)C(=O)Nc1ccc(O)c(C(=O)O)c1. The van der Waals surface area contributed by atoms with E-state index < -0.39 is 5.97 Å². The van der Waals surface area contributed by atoms with Gasteiger partial charge in [-0.15, -0.1) is 0 Å². The Morgan fingerprint density at radius 3 is 2.63 bits per heavy atom. The molecule has 1 rings (SSSR count). The second-order valence-electron chi connectivity index (χ2n) is 4.25. The van der Waals surface area contributed by atoms with Gasteiger partial charge in [0.1, 0.15) is 11.3 Å².